The largest absolute Gasteiger partial charge is 0.477 e. The van der Waals surface area contributed by atoms with Gasteiger partial charge >= 0.3 is 5.97 Å². The number of nitrogens with two attached hydrogens (primary N) is 1. The van der Waals surface area contributed by atoms with Gasteiger partial charge in [-0.25, -0.2) is 4.79 Å². The summed E-state index contributed by atoms with van der Waals surface area (Å²) in [6, 6.07) is 12.0. The molecule has 124 valence electrons. The number of hydrogen-bond donors (Lipinski definition) is 2. The fourth-order valence-electron chi connectivity index (χ4n) is 2.89. The van der Waals surface area contributed by atoms with Gasteiger partial charge < -0.3 is 10.8 Å². The molecule has 2 atom stereocenters. The smallest absolute Gasteiger partial charge is 0.352 e. The maximum Gasteiger partial charge on any atom is 0.352 e. The first-order valence-electron chi connectivity index (χ1n) is 7.30. The van der Waals surface area contributed by atoms with Gasteiger partial charge in [0.15, 0.2) is 5.71 Å². The van der Waals surface area contributed by atoms with E-state index in [-0.39, 0.29) is 11.8 Å². The average Bonchev–Trinajstić information content (AvgIpc) is 2.86. The highest BCUT2D eigenvalue weighted by Gasteiger charge is 2.40. The van der Waals surface area contributed by atoms with Gasteiger partial charge in [0.2, 0.25) is 0 Å². The summed E-state index contributed by atoms with van der Waals surface area (Å²) in [5, 5.41) is 16.4. The van der Waals surface area contributed by atoms with Crippen molar-refractivity contribution in [1.82, 2.24) is 0 Å². The molecule has 0 saturated carbocycles. The van der Waals surface area contributed by atoms with Crippen LogP contribution in [0.15, 0.2) is 47.6 Å². The van der Waals surface area contributed by atoms with Crippen molar-refractivity contribution in [3.05, 3.63) is 58.1 Å². The van der Waals surface area contributed by atoms with Gasteiger partial charge in [0.05, 0.1) is 22.7 Å². The molecule has 0 radical (unpaired) electrons. The zero-order chi connectivity index (χ0) is 17.4. The van der Waals surface area contributed by atoms with Crippen LogP contribution in [0.3, 0.4) is 0 Å². The minimum Gasteiger partial charge on any atom is -0.477 e. The number of nitrogens with zero attached hydrogens (tertiary/aromatic N) is 2. The molecule has 7 heteroatoms. The van der Waals surface area contributed by atoms with Crippen molar-refractivity contribution in [3.8, 4) is 0 Å². The number of hydrogen-bond acceptors (Lipinski definition) is 4. The van der Waals surface area contributed by atoms with Crippen LogP contribution in [0.4, 0.5) is 11.4 Å². The number of benzene rings is 2. The number of halogens is 2. The van der Waals surface area contributed by atoms with E-state index in [0.29, 0.717) is 21.4 Å². The van der Waals surface area contributed by atoms with E-state index in [0.717, 1.165) is 5.56 Å². The van der Waals surface area contributed by atoms with Crippen LogP contribution in [-0.4, -0.2) is 22.8 Å². The molecule has 2 aromatic rings. The summed E-state index contributed by atoms with van der Waals surface area (Å²) in [4.78, 5) is 11.7. The van der Waals surface area contributed by atoms with Crippen molar-refractivity contribution in [1.29, 1.82) is 0 Å². The molecule has 0 bridgehead atoms. The molecule has 1 aliphatic rings. The van der Waals surface area contributed by atoms with Crippen molar-refractivity contribution >= 4 is 46.3 Å². The third-order valence-electron chi connectivity index (χ3n) is 4.05. The monoisotopic (exact) mass is 363 g/mol. The lowest BCUT2D eigenvalue weighted by molar-refractivity contribution is -0.129. The Kier molecular flexibility index (Phi) is 4.39. The molecular formula is C17H15Cl2N3O2. The number of anilines is 2. The average molecular weight is 364 g/mol. The normalized spacial score (nSPS) is 20.1. The van der Waals surface area contributed by atoms with Crippen LogP contribution < -0.4 is 10.7 Å². The molecule has 0 saturated heterocycles. The zero-order valence-electron chi connectivity index (χ0n) is 12.8. The molecule has 0 fully saturated rings. The lowest BCUT2D eigenvalue weighted by atomic mass is 9.88. The topological polar surface area (TPSA) is 78.9 Å². The molecule has 0 aliphatic carbocycles. The summed E-state index contributed by atoms with van der Waals surface area (Å²) < 4.78 is 0. The van der Waals surface area contributed by atoms with Crippen LogP contribution in [0.2, 0.25) is 10.0 Å². The molecule has 5 nitrogen and oxygen atoms in total. The SMILES string of the molecule is CC1C(c2ccc(N)cc2)C(C(=O)O)=NN1c1ccc(Cl)cc1Cl. The second kappa shape index (κ2) is 6.34. The molecule has 0 amide bonds. The standard InChI is InChI=1S/C17H15Cl2N3O2/c1-9-15(10-2-5-12(20)6-3-10)16(17(23)24)21-22(9)14-7-4-11(18)8-13(14)19/h2-9,15H,20H2,1H3,(H,23,24). The summed E-state index contributed by atoms with van der Waals surface area (Å²) in [6.45, 7) is 1.91. The van der Waals surface area contributed by atoms with Crippen LogP contribution >= 0.6 is 23.2 Å². The molecule has 3 rings (SSSR count). The Morgan fingerprint density at radius 2 is 1.88 bits per heavy atom. The molecule has 3 N–H and O–H groups in total. The van der Waals surface area contributed by atoms with Crippen molar-refractivity contribution in [2.75, 3.05) is 10.7 Å². The first kappa shape index (κ1) is 16.6. The zero-order valence-corrected chi connectivity index (χ0v) is 14.3. The first-order valence-corrected chi connectivity index (χ1v) is 8.05. The van der Waals surface area contributed by atoms with Crippen molar-refractivity contribution in [2.45, 2.75) is 18.9 Å². The van der Waals surface area contributed by atoms with E-state index in [1.54, 1.807) is 35.3 Å². The van der Waals surface area contributed by atoms with E-state index in [1.807, 2.05) is 19.1 Å². The van der Waals surface area contributed by atoms with E-state index in [9.17, 15) is 9.90 Å². The van der Waals surface area contributed by atoms with Crippen LogP contribution in [0.5, 0.6) is 0 Å². The maximum atomic E-state index is 11.7. The number of carbonyl (C=O) groups is 1. The fraction of sp³-hybridized carbons (Fsp3) is 0.176. The Balaban J connectivity index is 2.05. The number of hydrazone groups is 1. The van der Waals surface area contributed by atoms with Crippen molar-refractivity contribution in [3.63, 3.8) is 0 Å². The van der Waals surface area contributed by atoms with Gasteiger partial charge in [-0.05, 0) is 42.8 Å². The highest BCUT2D eigenvalue weighted by molar-refractivity contribution is 6.39. The number of rotatable bonds is 3. The predicted molar refractivity (Wildman–Crippen MR) is 97.1 cm³/mol. The van der Waals surface area contributed by atoms with E-state index in [4.69, 9.17) is 28.9 Å². The lowest BCUT2D eigenvalue weighted by Gasteiger charge is -2.25. The molecule has 2 unspecified atom stereocenters. The summed E-state index contributed by atoms with van der Waals surface area (Å²) in [5.74, 6) is -1.45. The Hall–Kier alpha value is -2.24. The molecule has 1 aliphatic heterocycles. The van der Waals surface area contributed by atoms with Crippen molar-refractivity contribution < 1.29 is 9.90 Å². The summed E-state index contributed by atoms with van der Waals surface area (Å²) in [5.41, 5.74) is 7.86. The first-order chi connectivity index (χ1) is 11.4. The van der Waals surface area contributed by atoms with Crippen LogP contribution in [-0.2, 0) is 4.79 Å². The highest BCUT2D eigenvalue weighted by atomic mass is 35.5. The highest BCUT2D eigenvalue weighted by Crippen LogP contribution is 2.38. The van der Waals surface area contributed by atoms with Crippen LogP contribution in [0.1, 0.15) is 18.4 Å². The second-order valence-electron chi connectivity index (χ2n) is 5.62. The third-order valence-corrected chi connectivity index (χ3v) is 4.59. The van der Waals surface area contributed by atoms with E-state index < -0.39 is 11.9 Å². The molecule has 1 heterocycles. The van der Waals surface area contributed by atoms with Gasteiger partial charge in [0.1, 0.15) is 0 Å². The number of nitrogen functional groups attached to an aromatic ring is 1. The quantitative estimate of drug-likeness (QED) is 0.807. The van der Waals surface area contributed by atoms with Crippen molar-refractivity contribution in [2.24, 2.45) is 5.10 Å². The number of carboxylic acid groups (broad SMARTS) is 1. The fourth-order valence-corrected chi connectivity index (χ4v) is 3.39. The summed E-state index contributed by atoms with van der Waals surface area (Å²) >= 11 is 12.2. The molecule has 0 aromatic heterocycles. The Morgan fingerprint density at radius 1 is 1.21 bits per heavy atom. The Bertz CT molecular complexity index is 821. The Morgan fingerprint density at radius 3 is 2.46 bits per heavy atom. The second-order valence-corrected chi connectivity index (χ2v) is 6.46. The van der Waals surface area contributed by atoms with Gasteiger partial charge in [-0.3, -0.25) is 5.01 Å². The van der Waals surface area contributed by atoms with Gasteiger partial charge in [-0.2, -0.15) is 5.10 Å². The minimum absolute atomic E-state index is 0.0679. The summed E-state index contributed by atoms with van der Waals surface area (Å²) in [7, 11) is 0. The van der Waals surface area contributed by atoms with E-state index in [2.05, 4.69) is 5.10 Å². The minimum atomic E-state index is -1.06. The van der Waals surface area contributed by atoms with Crippen LogP contribution in [0.25, 0.3) is 0 Å². The van der Waals surface area contributed by atoms with Gasteiger partial charge in [-0.15, -0.1) is 0 Å². The molecular weight excluding hydrogens is 349 g/mol. The third kappa shape index (κ3) is 2.92. The maximum absolute atomic E-state index is 11.7. The number of carboxylic acids is 1. The van der Waals surface area contributed by atoms with Crippen LogP contribution in [0, 0.1) is 0 Å². The molecule has 24 heavy (non-hydrogen) atoms. The molecule has 2 aromatic carbocycles. The number of aliphatic carboxylic acids is 1. The Labute approximate surface area is 149 Å². The predicted octanol–water partition coefficient (Wildman–Crippen LogP) is 4.01. The lowest BCUT2D eigenvalue weighted by Crippen LogP contribution is -2.30. The van der Waals surface area contributed by atoms with Gasteiger partial charge in [-0.1, -0.05) is 35.3 Å². The van der Waals surface area contributed by atoms with E-state index >= 15 is 0 Å². The van der Waals surface area contributed by atoms with E-state index in [1.165, 1.54) is 0 Å². The summed E-state index contributed by atoms with van der Waals surface area (Å²) in [6.07, 6.45) is 0. The van der Waals surface area contributed by atoms with Gasteiger partial charge in [0, 0.05) is 10.7 Å². The molecule has 0 spiro atoms. The van der Waals surface area contributed by atoms with Gasteiger partial charge in [0.25, 0.3) is 0 Å².